The molecule has 1 amide bonds. The predicted molar refractivity (Wildman–Crippen MR) is 183 cm³/mol. The van der Waals surface area contributed by atoms with Crippen LogP contribution in [0.3, 0.4) is 0 Å². The van der Waals surface area contributed by atoms with E-state index < -0.39 is 5.82 Å². The fourth-order valence-corrected chi connectivity index (χ4v) is 7.96. The van der Waals surface area contributed by atoms with Gasteiger partial charge in [0.25, 0.3) is 0 Å². The van der Waals surface area contributed by atoms with Crippen LogP contribution in [-0.2, 0) is 11.3 Å². The smallest absolute Gasteiger partial charge is 0.319 e. The molecule has 248 valence electrons. The fraction of sp³-hybridized carbons (Fsp3) is 0.405. The highest BCUT2D eigenvalue weighted by Crippen LogP contribution is 2.40. The number of aromatic nitrogens is 4. The number of fused-ring (bicyclic) bond motifs is 4. The lowest BCUT2D eigenvalue weighted by molar-refractivity contribution is -0.134. The molecule has 48 heavy (non-hydrogen) atoms. The molecule has 0 radical (unpaired) electrons. The first-order chi connectivity index (χ1) is 23.4. The molecule has 0 spiro atoms. The molecule has 3 atom stereocenters. The second kappa shape index (κ2) is 12.7. The van der Waals surface area contributed by atoms with Gasteiger partial charge in [0, 0.05) is 67.5 Å². The van der Waals surface area contributed by atoms with Gasteiger partial charge in [-0.05, 0) is 80.2 Å². The van der Waals surface area contributed by atoms with Gasteiger partial charge in [0.15, 0.2) is 5.82 Å². The third-order valence-electron chi connectivity index (χ3n) is 10.4. The summed E-state index contributed by atoms with van der Waals surface area (Å²) in [5.41, 5.74) is 1.13. The third-order valence-corrected chi connectivity index (χ3v) is 10.4. The van der Waals surface area contributed by atoms with E-state index >= 15 is 4.39 Å². The summed E-state index contributed by atoms with van der Waals surface area (Å²) in [5, 5.41) is 12.8. The average Bonchev–Trinajstić information content (AvgIpc) is 3.82. The molecule has 10 nitrogen and oxygen atoms in total. The van der Waals surface area contributed by atoms with E-state index in [4.69, 9.17) is 9.72 Å². The summed E-state index contributed by atoms with van der Waals surface area (Å²) < 4.78 is 25.0. The highest BCUT2D eigenvalue weighted by Gasteiger charge is 2.43. The third kappa shape index (κ3) is 5.70. The first-order valence-electron chi connectivity index (χ1n) is 17.0. The zero-order valence-corrected chi connectivity index (χ0v) is 27.1. The van der Waals surface area contributed by atoms with Crippen LogP contribution in [0.1, 0.15) is 38.5 Å². The quantitative estimate of drug-likeness (QED) is 0.220. The van der Waals surface area contributed by atoms with E-state index in [-0.39, 0.29) is 41.3 Å². The number of piperazine rings is 1. The highest BCUT2D eigenvalue weighted by atomic mass is 19.1. The molecular formula is C37H40FN7O3. The molecule has 11 heteroatoms. The van der Waals surface area contributed by atoms with E-state index in [1.165, 1.54) is 0 Å². The maximum absolute atomic E-state index is 16.8. The number of phenols is 1. The van der Waals surface area contributed by atoms with Crippen molar-refractivity contribution in [3.05, 3.63) is 73.1 Å². The molecule has 0 saturated carbocycles. The Hall–Kier alpha value is -4.77. The number of anilines is 1. The van der Waals surface area contributed by atoms with Crippen LogP contribution in [0.25, 0.3) is 32.8 Å². The summed E-state index contributed by atoms with van der Waals surface area (Å²) in [6, 6.07) is 15.1. The maximum Gasteiger partial charge on any atom is 0.319 e. The number of likely N-dealkylation sites (N-methyl/N-ethyl adjacent to an activating group) is 1. The van der Waals surface area contributed by atoms with Crippen LogP contribution in [0, 0.1) is 5.82 Å². The van der Waals surface area contributed by atoms with Crippen LogP contribution in [-0.4, -0.2) is 91.7 Å². The number of hydrogen-bond acceptors (Lipinski definition) is 8. The summed E-state index contributed by atoms with van der Waals surface area (Å²) in [6.07, 6.45) is 10.7. The summed E-state index contributed by atoms with van der Waals surface area (Å²) >= 11 is 0. The summed E-state index contributed by atoms with van der Waals surface area (Å²) in [6.45, 7) is 3.43. The van der Waals surface area contributed by atoms with Gasteiger partial charge in [-0.15, -0.1) is 0 Å². The number of aromatic hydroxyl groups is 1. The van der Waals surface area contributed by atoms with Crippen LogP contribution in [0.5, 0.6) is 11.8 Å². The van der Waals surface area contributed by atoms with Crippen molar-refractivity contribution in [2.24, 2.45) is 0 Å². The number of benzene rings is 3. The molecular weight excluding hydrogens is 609 g/mol. The Kier molecular flexibility index (Phi) is 8.07. The molecule has 5 aromatic rings. The van der Waals surface area contributed by atoms with Crippen molar-refractivity contribution in [2.45, 2.75) is 63.2 Å². The highest BCUT2D eigenvalue weighted by molar-refractivity contribution is 6.01. The predicted octanol–water partition coefficient (Wildman–Crippen LogP) is 5.62. The molecule has 3 aliphatic rings. The number of ether oxygens (including phenoxy) is 1. The molecule has 2 aromatic heterocycles. The molecule has 5 heterocycles. The molecule has 3 aromatic carbocycles. The summed E-state index contributed by atoms with van der Waals surface area (Å²) in [5.74, 6) is 0.406. The van der Waals surface area contributed by atoms with E-state index in [1.807, 2.05) is 41.1 Å². The van der Waals surface area contributed by atoms with E-state index in [2.05, 4.69) is 31.7 Å². The Morgan fingerprint density at radius 2 is 1.85 bits per heavy atom. The normalized spacial score (nSPS) is 21.1. The van der Waals surface area contributed by atoms with Gasteiger partial charge in [0.1, 0.15) is 23.7 Å². The Bertz CT molecular complexity index is 1950. The minimum Gasteiger partial charge on any atom is -0.508 e. The zero-order chi connectivity index (χ0) is 32.8. The largest absolute Gasteiger partial charge is 0.508 e. The first-order valence-corrected chi connectivity index (χ1v) is 17.0. The second-order valence-electron chi connectivity index (χ2n) is 13.5. The van der Waals surface area contributed by atoms with Gasteiger partial charge in [0.2, 0.25) is 5.91 Å². The van der Waals surface area contributed by atoms with Crippen molar-refractivity contribution >= 4 is 33.4 Å². The molecule has 8 rings (SSSR count). The fourth-order valence-electron chi connectivity index (χ4n) is 7.96. The van der Waals surface area contributed by atoms with Gasteiger partial charge in [-0.3, -0.25) is 4.79 Å². The van der Waals surface area contributed by atoms with Crippen molar-refractivity contribution in [1.29, 1.82) is 0 Å². The van der Waals surface area contributed by atoms with Gasteiger partial charge in [-0.1, -0.05) is 30.3 Å². The van der Waals surface area contributed by atoms with Crippen molar-refractivity contribution in [2.75, 3.05) is 38.2 Å². The number of rotatable bonds is 9. The number of carbonyl (C=O) groups excluding carboxylic acids is 1. The van der Waals surface area contributed by atoms with Gasteiger partial charge >= 0.3 is 6.01 Å². The molecule has 3 saturated heterocycles. The van der Waals surface area contributed by atoms with Gasteiger partial charge in [-0.25, -0.2) is 9.37 Å². The number of phenolic OH excluding ortho intramolecular Hbond substituents is 1. The lowest BCUT2D eigenvalue weighted by Crippen LogP contribution is -2.56. The number of nitrogens with zero attached hydrogens (tertiary/aromatic N) is 7. The number of aryl methyl sites for hydroxylation is 1. The monoisotopic (exact) mass is 649 g/mol. The van der Waals surface area contributed by atoms with Crippen LogP contribution < -0.4 is 9.64 Å². The maximum atomic E-state index is 16.8. The SMILES string of the molecule is CN1CCC[C@H]1COc1nc(N2CC3CCC(C2)N3C(=O)CCCn2ccnc2)c2ccc(-c3cc(O)cc4ccccc34)c(F)c2n1. The molecule has 1 N–H and O–H groups in total. The Labute approximate surface area is 278 Å². The topological polar surface area (TPSA) is 99.9 Å². The minimum atomic E-state index is -0.482. The number of amides is 1. The van der Waals surface area contributed by atoms with Crippen molar-refractivity contribution < 1.29 is 19.0 Å². The minimum absolute atomic E-state index is 0.0637. The Morgan fingerprint density at radius 3 is 2.62 bits per heavy atom. The van der Waals surface area contributed by atoms with E-state index in [9.17, 15) is 9.90 Å². The standard InChI is InChI=1S/C37H40FN7O3/c1-42-15-4-7-27(42)22-48-37-40-35-31(13-12-30(34(35)38)32-19-28(46)18-24-6-2-3-8-29(24)32)36(41-37)44-20-25-10-11-26(21-44)45(25)33(47)9-5-16-43-17-14-39-23-43/h2-3,6,8,12-14,17-19,23,25-27,46H,4-5,7,9-11,15-16,20-22H2,1H3/t25?,26?,27-/m0/s1. The lowest BCUT2D eigenvalue weighted by Gasteiger charge is -2.42. The Balaban J connectivity index is 1.12. The number of carbonyl (C=O) groups is 1. The van der Waals surface area contributed by atoms with Crippen molar-refractivity contribution in [3.8, 4) is 22.9 Å². The molecule has 3 aliphatic heterocycles. The molecule has 3 fully saturated rings. The number of imidazole rings is 1. The summed E-state index contributed by atoms with van der Waals surface area (Å²) in [4.78, 5) is 33.7. The van der Waals surface area contributed by atoms with E-state index in [1.54, 1.807) is 30.7 Å². The number of halogens is 1. The molecule has 0 aliphatic carbocycles. The average molecular weight is 650 g/mol. The van der Waals surface area contributed by atoms with Gasteiger partial charge in [0.05, 0.1) is 6.33 Å². The van der Waals surface area contributed by atoms with Crippen molar-refractivity contribution in [1.82, 2.24) is 29.3 Å². The van der Waals surface area contributed by atoms with Gasteiger partial charge < -0.3 is 29.1 Å². The van der Waals surface area contributed by atoms with E-state index in [0.717, 1.165) is 56.0 Å². The zero-order valence-electron chi connectivity index (χ0n) is 27.1. The van der Waals surface area contributed by atoms with Crippen LogP contribution >= 0.6 is 0 Å². The van der Waals surface area contributed by atoms with Crippen LogP contribution in [0.2, 0.25) is 0 Å². The van der Waals surface area contributed by atoms with Crippen LogP contribution in [0.15, 0.2) is 67.3 Å². The second-order valence-corrected chi connectivity index (χ2v) is 13.5. The lowest BCUT2D eigenvalue weighted by atomic mass is 9.96. The number of likely N-dealkylation sites (tertiary alicyclic amines) is 1. The number of hydrogen-bond donors (Lipinski definition) is 1. The van der Waals surface area contributed by atoms with Crippen molar-refractivity contribution in [3.63, 3.8) is 0 Å². The molecule has 2 unspecified atom stereocenters. The van der Waals surface area contributed by atoms with Crippen LogP contribution in [0.4, 0.5) is 10.2 Å². The first kappa shape index (κ1) is 30.6. The van der Waals surface area contributed by atoms with E-state index in [0.29, 0.717) is 48.4 Å². The summed E-state index contributed by atoms with van der Waals surface area (Å²) in [7, 11) is 2.09. The molecule has 2 bridgehead atoms. The Morgan fingerprint density at radius 1 is 1.02 bits per heavy atom. The van der Waals surface area contributed by atoms with Gasteiger partial charge in [-0.2, -0.15) is 9.97 Å².